The van der Waals surface area contributed by atoms with Gasteiger partial charge in [0, 0.05) is 17.6 Å². The Morgan fingerprint density at radius 3 is 2.73 bits per heavy atom. The van der Waals surface area contributed by atoms with Crippen molar-refractivity contribution in [3.63, 3.8) is 0 Å². The zero-order valence-electron chi connectivity index (χ0n) is 8.47. The number of halogens is 2. The summed E-state index contributed by atoms with van der Waals surface area (Å²) in [7, 11) is 0. The van der Waals surface area contributed by atoms with E-state index in [9.17, 15) is 4.39 Å². The van der Waals surface area contributed by atoms with Gasteiger partial charge in [-0.2, -0.15) is 0 Å². The van der Waals surface area contributed by atoms with Crippen molar-refractivity contribution in [1.82, 2.24) is 0 Å². The summed E-state index contributed by atoms with van der Waals surface area (Å²) in [4.78, 5) is 0. The van der Waals surface area contributed by atoms with Gasteiger partial charge in [-0.3, -0.25) is 0 Å². The Morgan fingerprint density at radius 1 is 1.27 bits per heavy atom. The van der Waals surface area contributed by atoms with Gasteiger partial charge in [0.15, 0.2) is 0 Å². The molecule has 0 aliphatic carbocycles. The van der Waals surface area contributed by atoms with Gasteiger partial charge in [0.1, 0.15) is 5.82 Å². The van der Waals surface area contributed by atoms with Gasteiger partial charge in [0.2, 0.25) is 0 Å². The molecule has 0 heterocycles. The number of anilines is 1. The average molecular weight is 276 g/mol. The summed E-state index contributed by atoms with van der Waals surface area (Å²) in [6.45, 7) is 0.963. The van der Waals surface area contributed by atoms with Crippen LogP contribution in [0.25, 0.3) is 0 Å². The fourth-order valence-electron chi connectivity index (χ4n) is 1.27. The molecule has 0 aliphatic heterocycles. The highest BCUT2D eigenvalue weighted by molar-refractivity contribution is 9.10. The van der Waals surface area contributed by atoms with Crippen molar-refractivity contribution in [2.45, 2.75) is 19.3 Å². The molecule has 1 rings (SSSR count). The van der Waals surface area contributed by atoms with Crippen LogP contribution in [0.15, 0.2) is 22.7 Å². The molecular weight excluding hydrogens is 261 g/mol. The maximum atomic E-state index is 13.3. The molecule has 0 radical (unpaired) electrons. The zero-order chi connectivity index (χ0) is 11.1. The first-order valence-corrected chi connectivity index (χ1v) is 5.83. The number of unbranched alkanes of at least 4 members (excludes halogenated alkanes) is 2. The Balaban J connectivity index is 2.31. The first-order valence-electron chi connectivity index (χ1n) is 5.04. The van der Waals surface area contributed by atoms with Crippen LogP contribution in [-0.2, 0) is 0 Å². The third-order valence-electron chi connectivity index (χ3n) is 2.08. The summed E-state index contributed by atoms with van der Waals surface area (Å²) in [5.74, 6) is -0.244. The third-order valence-corrected chi connectivity index (χ3v) is 2.57. The van der Waals surface area contributed by atoms with Crippen LogP contribution < -0.4 is 5.32 Å². The van der Waals surface area contributed by atoms with Crippen LogP contribution in [0.5, 0.6) is 0 Å². The molecule has 1 aromatic rings. The SMILES string of the molecule is OCCCCCNc1ccc(Br)cc1F. The topological polar surface area (TPSA) is 32.3 Å². The molecule has 0 saturated heterocycles. The summed E-state index contributed by atoms with van der Waals surface area (Å²) in [6.07, 6.45) is 2.71. The van der Waals surface area contributed by atoms with E-state index in [1.807, 2.05) is 0 Å². The van der Waals surface area contributed by atoms with E-state index in [4.69, 9.17) is 5.11 Å². The number of rotatable bonds is 6. The second-order valence-corrected chi connectivity index (χ2v) is 4.25. The van der Waals surface area contributed by atoms with Gasteiger partial charge < -0.3 is 10.4 Å². The molecule has 84 valence electrons. The molecule has 0 amide bonds. The minimum atomic E-state index is -0.244. The Bertz CT molecular complexity index is 307. The van der Waals surface area contributed by atoms with Gasteiger partial charge in [-0.15, -0.1) is 0 Å². The predicted octanol–water partition coefficient (Wildman–Crippen LogP) is 3.16. The lowest BCUT2D eigenvalue weighted by Crippen LogP contribution is -2.03. The summed E-state index contributed by atoms with van der Waals surface area (Å²) in [5.41, 5.74) is 0.530. The molecule has 2 N–H and O–H groups in total. The normalized spacial score (nSPS) is 10.3. The number of hydrogen-bond acceptors (Lipinski definition) is 2. The van der Waals surface area contributed by atoms with Crippen molar-refractivity contribution in [3.05, 3.63) is 28.5 Å². The van der Waals surface area contributed by atoms with Gasteiger partial charge in [0.05, 0.1) is 5.69 Å². The van der Waals surface area contributed by atoms with Crippen molar-refractivity contribution in [3.8, 4) is 0 Å². The molecule has 0 aromatic heterocycles. The predicted molar refractivity (Wildman–Crippen MR) is 63.5 cm³/mol. The number of aliphatic hydroxyl groups is 1. The summed E-state index contributed by atoms with van der Waals surface area (Å²) >= 11 is 3.20. The largest absolute Gasteiger partial charge is 0.396 e. The fraction of sp³-hybridized carbons (Fsp3) is 0.455. The van der Waals surface area contributed by atoms with Crippen LogP contribution in [0.4, 0.5) is 10.1 Å². The molecule has 0 fully saturated rings. The molecule has 2 nitrogen and oxygen atoms in total. The molecule has 0 saturated carbocycles. The highest BCUT2D eigenvalue weighted by Crippen LogP contribution is 2.19. The summed E-state index contributed by atoms with van der Waals surface area (Å²) in [5, 5.41) is 11.6. The molecule has 1 aromatic carbocycles. The summed E-state index contributed by atoms with van der Waals surface area (Å²) in [6, 6.07) is 4.96. The Kier molecular flexibility index (Phi) is 5.65. The van der Waals surface area contributed by atoms with Gasteiger partial charge in [-0.1, -0.05) is 15.9 Å². The van der Waals surface area contributed by atoms with E-state index in [-0.39, 0.29) is 12.4 Å². The van der Waals surface area contributed by atoms with Gasteiger partial charge in [-0.05, 0) is 37.5 Å². The van der Waals surface area contributed by atoms with Crippen LogP contribution in [0.2, 0.25) is 0 Å². The standard InChI is InChI=1S/C11H15BrFNO/c12-9-4-5-11(10(13)8-9)14-6-2-1-3-7-15/h4-5,8,14-15H,1-3,6-7H2. The average Bonchev–Trinajstić information content (AvgIpc) is 2.20. The number of nitrogens with one attached hydrogen (secondary N) is 1. The van der Waals surface area contributed by atoms with Gasteiger partial charge in [0.25, 0.3) is 0 Å². The Labute approximate surface area is 97.6 Å². The van der Waals surface area contributed by atoms with E-state index in [0.29, 0.717) is 5.69 Å². The highest BCUT2D eigenvalue weighted by atomic mass is 79.9. The minimum absolute atomic E-state index is 0.229. The van der Waals surface area contributed by atoms with Crippen molar-refractivity contribution in [1.29, 1.82) is 0 Å². The maximum absolute atomic E-state index is 13.3. The molecule has 0 aliphatic rings. The van der Waals surface area contributed by atoms with Crippen molar-refractivity contribution >= 4 is 21.6 Å². The van der Waals surface area contributed by atoms with E-state index >= 15 is 0 Å². The highest BCUT2D eigenvalue weighted by Gasteiger charge is 2.00. The molecule has 15 heavy (non-hydrogen) atoms. The summed E-state index contributed by atoms with van der Waals surface area (Å²) < 4.78 is 14.0. The van der Waals surface area contributed by atoms with Crippen LogP contribution in [0.3, 0.4) is 0 Å². The van der Waals surface area contributed by atoms with E-state index in [1.54, 1.807) is 12.1 Å². The molecule has 4 heteroatoms. The number of hydrogen-bond donors (Lipinski definition) is 2. The second-order valence-electron chi connectivity index (χ2n) is 3.34. The quantitative estimate of drug-likeness (QED) is 0.782. The van der Waals surface area contributed by atoms with Crippen LogP contribution in [0, 0.1) is 5.82 Å². The van der Waals surface area contributed by atoms with Crippen molar-refractivity contribution < 1.29 is 9.50 Å². The monoisotopic (exact) mass is 275 g/mol. The molecule has 0 bridgehead atoms. The lowest BCUT2D eigenvalue weighted by atomic mass is 10.2. The Hall–Kier alpha value is -0.610. The zero-order valence-corrected chi connectivity index (χ0v) is 10.1. The van der Waals surface area contributed by atoms with E-state index in [1.165, 1.54) is 6.07 Å². The van der Waals surface area contributed by atoms with Crippen LogP contribution in [0.1, 0.15) is 19.3 Å². The third kappa shape index (κ3) is 4.62. The van der Waals surface area contributed by atoms with E-state index in [2.05, 4.69) is 21.2 Å². The molecule has 0 atom stereocenters. The van der Waals surface area contributed by atoms with Gasteiger partial charge >= 0.3 is 0 Å². The van der Waals surface area contributed by atoms with E-state index < -0.39 is 0 Å². The fourth-order valence-corrected chi connectivity index (χ4v) is 1.60. The number of benzene rings is 1. The Morgan fingerprint density at radius 2 is 2.07 bits per heavy atom. The molecule has 0 spiro atoms. The molecule has 0 unspecified atom stereocenters. The molecular formula is C11H15BrFNO. The van der Waals surface area contributed by atoms with Crippen molar-refractivity contribution in [2.75, 3.05) is 18.5 Å². The first-order chi connectivity index (χ1) is 7.24. The first kappa shape index (κ1) is 12.5. The van der Waals surface area contributed by atoms with Crippen LogP contribution >= 0.6 is 15.9 Å². The van der Waals surface area contributed by atoms with E-state index in [0.717, 1.165) is 30.3 Å². The smallest absolute Gasteiger partial charge is 0.147 e. The van der Waals surface area contributed by atoms with Gasteiger partial charge in [-0.25, -0.2) is 4.39 Å². The second kappa shape index (κ2) is 6.80. The maximum Gasteiger partial charge on any atom is 0.147 e. The lowest BCUT2D eigenvalue weighted by Gasteiger charge is -2.07. The van der Waals surface area contributed by atoms with Crippen LogP contribution in [-0.4, -0.2) is 18.3 Å². The lowest BCUT2D eigenvalue weighted by molar-refractivity contribution is 0.283. The number of aliphatic hydroxyl groups excluding tert-OH is 1. The minimum Gasteiger partial charge on any atom is -0.396 e. The van der Waals surface area contributed by atoms with Crippen molar-refractivity contribution in [2.24, 2.45) is 0 Å².